The Morgan fingerprint density at radius 3 is 1.31 bits per heavy atom. The van der Waals surface area contributed by atoms with Gasteiger partial charge in [0.05, 0.1) is 31.9 Å². The summed E-state index contributed by atoms with van der Waals surface area (Å²) in [4.78, 5) is 39.2. The van der Waals surface area contributed by atoms with Crippen molar-refractivity contribution in [2.24, 2.45) is 0 Å². The second-order valence-corrected chi connectivity index (χ2v) is 5.51. The summed E-state index contributed by atoms with van der Waals surface area (Å²) in [6.45, 7) is 23.9. The second-order valence-electron chi connectivity index (χ2n) is 5.51. The number of rotatable bonds is 14. The molecule has 0 saturated heterocycles. The fourth-order valence-electron chi connectivity index (χ4n) is 1.13. The third-order valence-corrected chi connectivity index (χ3v) is 2.56. The number of carbonyl (C=O) groups is 4. The second kappa shape index (κ2) is 27.2. The van der Waals surface area contributed by atoms with Crippen LogP contribution in [0.5, 0.6) is 0 Å². The SMILES string of the molecule is C=C(CC(=O)O)C(=O)O.C=C(CC(=O)O)C(=O)[O-].C=CCNCC=C.C=CC[NH2+]CC=C. The van der Waals surface area contributed by atoms with Crippen LogP contribution in [0.2, 0.25) is 0 Å². The molecule has 0 aromatic rings. The van der Waals surface area contributed by atoms with Crippen molar-refractivity contribution < 1.29 is 44.9 Å². The molecule has 10 nitrogen and oxygen atoms in total. The minimum absolute atomic E-state index is 0.303. The Morgan fingerprint density at radius 1 is 0.750 bits per heavy atom. The third-order valence-electron chi connectivity index (χ3n) is 2.56. The molecule has 0 atom stereocenters. The zero-order chi connectivity index (χ0) is 25.9. The van der Waals surface area contributed by atoms with Gasteiger partial charge in [0, 0.05) is 18.7 Å². The molecule has 0 aromatic heterocycles. The molecule has 32 heavy (non-hydrogen) atoms. The molecule has 0 fully saturated rings. The molecule has 10 heteroatoms. The van der Waals surface area contributed by atoms with E-state index >= 15 is 0 Å². The van der Waals surface area contributed by atoms with Crippen LogP contribution in [0.1, 0.15) is 12.8 Å². The first kappa shape index (κ1) is 35.7. The summed E-state index contributed by atoms with van der Waals surface area (Å²) in [6, 6.07) is 0. The fraction of sp³-hybridized carbons (Fsp3) is 0.273. The smallest absolute Gasteiger partial charge is 0.331 e. The molecule has 0 amide bonds. The van der Waals surface area contributed by atoms with Crippen molar-refractivity contribution in [3.63, 3.8) is 0 Å². The zero-order valence-electron chi connectivity index (χ0n) is 18.3. The lowest BCUT2D eigenvalue weighted by molar-refractivity contribution is -0.636. The van der Waals surface area contributed by atoms with Crippen molar-refractivity contribution in [3.8, 4) is 0 Å². The van der Waals surface area contributed by atoms with Crippen molar-refractivity contribution in [2.45, 2.75) is 12.8 Å². The van der Waals surface area contributed by atoms with Crippen LogP contribution in [0, 0.1) is 0 Å². The highest BCUT2D eigenvalue weighted by Gasteiger charge is 2.07. The topological polar surface area (TPSA) is 181 Å². The number of carboxylic acids is 4. The Hall–Kier alpha value is -3.76. The van der Waals surface area contributed by atoms with Crippen molar-refractivity contribution in [3.05, 3.63) is 74.9 Å². The average Bonchev–Trinajstić information content (AvgIpc) is 2.69. The molecule has 0 heterocycles. The first-order valence-electron chi connectivity index (χ1n) is 9.10. The molecule has 0 rings (SSSR count). The van der Waals surface area contributed by atoms with E-state index in [0.29, 0.717) is 0 Å². The molecule has 0 aliphatic heterocycles. The van der Waals surface area contributed by atoms with Crippen LogP contribution >= 0.6 is 0 Å². The van der Waals surface area contributed by atoms with Gasteiger partial charge in [-0.05, 0) is 17.7 Å². The van der Waals surface area contributed by atoms with Crippen molar-refractivity contribution in [1.82, 2.24) is 5.32 Å². The molecular formula is C22H34N2O8. The molecule has 0 spiro atoms. The number of aliphatic carboxylic acids is 4. The van der Waals surface area contributed by atoms with E-state index in [2.05, 4.69) is 50.1 Å². The van der Waals surface area contributed by atoms with Crippen LogP contribution in [0.25, 0.3) is 0 Å². The number of hydrogen-bond donors (Lipinski definition) is 5. The van der Waals surface area contributed by atoms with E-state index in [0.717, 1.165) is 26.2 Å². The van der Waals surface area contributed by atoms with Crippen LogP contribution in [0.15, 0.2) is 74.9 Å². The molecule has 0 saturated carbocycles. The van der Waals surface area contributed by atoms with Gasteiger partial charge in [0.2, 0.25) is 0 Å². The van der Waals surface area contributed by atoms with E-state index in [1.165, 1.54) is 0 Å². The Morgan fingerprint density at radius 2 is 1.12 bits per heavy atom. The van der Waals surface area contributed by atoms with E-state index in [9.17, 15) is 24.3 Å². The van der Waals surface area contributed by atoms with Gasteiger partial charge in [-0.15, -0.1) is 13.2 Å². The Labute approximate surface area is 188 Å². The predicted molar refractivity (Wildman–Crippen MR) is 121 cm³/mol. The fourth-order valence-corrected chi connectivity index (χ4v) is 1.13. The summed E-state index contributed by atoms with van der Waals surface area (Å²) in [5.74, 6) is -5.18. The first-order chi connectivity index (χ1) is 14.9. The molecule has 0 radical (unpaired) electrons. The molecule has 0 bridgehead atoms. The van der Waals surface area contributed by atoms with E-state index in [4.69, 9.17) is 15.3 Å². The van der Waals surface area contributed by atoms with Crippen LogP contribution in [-0.4, -0.2) is 65.4 Å². The van der Waals surface area contributed by atoms with Crippen LogP contribution < -0.4 is 15.7 Å². The third kappa shape index (κ3) is 40.8. The van der Waals surface area contributed by atoms with Gasteiger partial charge in [-0.3, -0.25) is 9.59 Å². The molecule has 180 valence electrons. The van der Waals surface area contributed by atoms with Crippen LogP contribution in [0.3, 0.4) is 0 Å². The largest absolute Gasteiger partial charge is 0.545 e. The molecular weight excluding hydrogens is 420 g/mol. The first-order valence-corrected chi connectivity index (χ1v) is 9.10. The molecule has 6 N–H and O–H groups in total. The average molecular weight is 455 g/mol. The van der Waals surface area contributed by atoms with Gasteiger partial charge >= 0.3 is 17.9 Å². The minimum Gasteiger partial charge on any atom is -0.545 e. The summed E-state index contributed by atoms with van der Waals surface area (Å²) in [5, 5.41) is 39.0. The molecule has 0 aliphatic carbocycles. The zero-order valence-corrected chi connectivity index (χ0v) is 18.3. The number of nitrogens with one attached hydrogen (secondary N) is 1. The summed E-state index contributed by atoms with van der Waals surface area (Å²) in [6.07, 6.45) is 6.33. The van der Waals surface area contributed by atoms with Crippen LogP contribution in [-0.2, 0) is 19.2 Å². The van der Waals surface area contributed by atoms with Gasteiger partial charge in [0.25, 0.3) is 0 Å². The summed E-state index contributed by atoms with van der Waals surface area (Å²) in [7, 11) is 0. The summed E-state index contributed by atoms with van der Waals surface area (Å²) in [5.41, 5.74) is -0.718. The normalized spacial score (nSPS) is 8.25. The summed E-state index contributed by atoms with van der Waals surface area (Å²) >= 11 is 0. The molecule has 0 aromatic carbocycles. The van der Waals surface area contributed by atoms with Gasteiger partial charge in [-0.2, -0.15) is 0 Å². The summed E-state index contributed by atoms with van der Waals surface area (Å²) < 4.78 is 0. The van der Waals surface area contributed by atoms with Gasteiger partial charge in [-0.25, -0.2) is 4.79 Å². The monoisotopic (exact) mass is 454 g/mol. The van der Waals surface area contributed by atoms with E-state index in [1.54, 1.807) is 0 Å². The lowest BCUT2D eigenvalue weighted by atomic mass is 10.2. The van der Waals surface area contributed by atoms with Crippen LogP contribution in [0.4, 0.5) is 0 Å². The number of carbonyl (C=O) groups excluding carboxylic acids is 1. The molecule has 0 unspecified atom stereocenters. The van der Waals surface area contributed by atoms with E-state index in [1.807, 2.05) is 24.3 Å². The van der Waals surface area contributed by atoms with Crippen molar-refractivity contribution in [2.75, 3.05) is 26.2 Å². The Bertz CT molecular complexity index is 582. The number of quaternary nitrogens is 1. The van der Waals surface area contributed by atoms with Gasteiger partial charge in [-0.1, -0.05) is 38.5 Å². The maximum absolute atomic E-state index is 9.87. The predicted octanol–water partition coefficient (Wildman–Crippen LogP) is -0.261. The highest BCUT2D eigenvalue weighted by atomic mass is 16.4. The maximum Gasteiger partial charge on any atom is 0.331 e. The van der Waals surface area contributed by atoms with E-state index < -0.39 is 42.3 Å². The van der Waals surface area contributed by atoms with Gasteiger partial charge in [0.15, 0.2) is 0 Å². The highest BCUT2D eigenvalue weighted by Crippen LogP contribution is 1.95. The number of carboxylic acid groups (broad SMARTS) is 4. The minimum atomic E-state index is -1.52. The van der Waals surface area contributed by atoms with Gasteiger partial charge < -0.3 is 35.9 Å². The highest BCUT2D eigenvalue weighted by molar-refractivity contribution is 5.91. The standard InChI is InChI=1S/2C6H11N.2C5H6O4/c2*1-3-5-7-6-4-2;2*1-3(5(8)9)2-4(6)7/h2*3-4,7H,1-2,5-6H2;2*1-2H2,(H,6,7)(H,8,9). The van der Waals surface area contributed by atoms with Crippen molar-refractivity contribution in [1.29, 1.82) is 0 Å². The Balaban J connectivity index is -0.000000165. The maximum atomic E-state index is 9.87. The number of nitrogens with two attached hydrogens (primary N) is 1. The quantitative estimate of drug-likeness (QED) is 0.134. The van der Waals surface area contributed by atoms with Crippen molar-refractivity contribution >= 4 is 23.9 Å². The lowest BCUT2D eigenvalue weighted by Gasteiger charge is -2.00. The number of hydrogen-bond acceptors (Lipinski definition) is 6. The Kier molecular flexibility index (Phi) is 30.4. The van der Waals surface area contributed by atoms with E-state index in [-0.39, 0.29) is 5.57 Å². The molecule has 0 aliphatic rings. The van der Waals surface area contributed by atoms with Gasteiger partial charge in [0.1, 0.15) is 0 Å². The lowest BCUT2D eigenvalue weighted by Crippen LogP contribution is -2.83.